The van der Waals surface area contributed by atoms with Crippen LogP contribution < -0.4 is 5.32 Å². The summed E-state index contributed by atoms with van der Waals surface area (Å²) in [5.74, 6) is 0.214. The van der Waals surface area contributed by atoms with Gasteiger partial charge in [-0.05, 0) is 47.2 Å². The second-order valence-electron chi connectivity index (χ2n) is 5.63. The molecule has 0 amide bonds. The number of alkyl halides is 3. The summed E-state index contributed by atoms with van der Waals surface area (Å²) in [5.41, 5.74) is 1.63. The van der Waals surface area contributed by atoms with Crippen LogP contribution in [0.4, 0.5) is 19.0 Å². The maximum Gasteiger partial charge on any atom is 0.434 e. The number of pyridine rings is 1. The molecular weight excluding hydrogens is 327 g/mol. The molecular formula is C19H14F3N3. The molecule has 126 valence electrons. The maximum atomic E-state index is 13.5. The van der Waals surface area contributed by atoms with Gasteiger partial charge in [-0.25, -0.2) is 4.98 Å². The highest BCUT2D eigenvalue weighted by Gasteiger charge is 2.35. The van der Waals surface area contributed by atoms with Gasteiger partial charge in [0.1, 0.15) is 5.82 Å². The number of aryl methyl sites for hydroxylation is 1. The van der Waals surface area contributed by atoms with Crippen molar-refractivity contribution in [2.24, 2.45) is 0 Å². The van der Waals surface area contributed by atoms with Gasteiger partial charge < -0.3 is 5.32 Å². The highest BCUT2D eigenvalue weighted by molar-refractivity contribution is 5.94. The number of nitrogens with one attached hydrogen (secondary N) is 1. The first-order valence-electron chi connectivity index (χ1n) is 7.55. The second-order valence-corrected chi connectivity index (χ2v) is 5.63. The van der Waals surface area contributed by atoms with Crippen LogP contribution in [0.5, 0.6) is 0 Å². The van der Waals surface area contributed by atoms with E-state index < -0.39 is 11.9 Å². The van der Waals surface area contributed by atoms with E-state index in [9.17, 15) is 13.2 Å². The molecule has 0 bridgehead atoms. The Morgan fingerprint density at radius 1 is 1.00 bits per heavy atom. The summed E-state index contributed by atoms with van der Waals surface area (Å²) in [6, 6.07) is 13.7. The Labute approximate surface area is 142 Å². The predicted octanol–water partition coefficient (Wildman–Crippen LogP) is 5.14. The van der Waals surface area contributed by atoms with E-state index >= 15 is 0 Å². The van der Waals surface area contributed by atoms with Gasteiger partial charge in [-0.3, -0.25) is 0 Å². The van der Waals surface area contributed by atoms with Crippen LogP contribution >= 0.6 is 0 Å². The number of anilines is 1. The molecule has 6 heteroatoms. The van der Waals surface area contributed by atoms with Gasteiger partial charge in [-0.1, -0.05) is 24.3 Å². The molecule has 2 aromatic carbocycles. The third-order valence-electron chi connectivity index (χ3n) is 4.11. The van der Waals surface area contributed by atoms with Crippen molar-refractivity contribution in [2.75, 3.05) is 12.4 Å². The summed E-state index contributed by atoms with van der Waals surface area (Å²) in [4.78, 5) is 3.77. The van der Waals surface area contributed by atoms with Crippen LogP contribution in [-0.2, 0) is 6.18 Å². The van der Waals surface area contributed by atoms with E-state index in [1.54, 1.807) is 50.4 Å². The fraction of sp³-hybridized carbons (Fsp3) is 0.158. The number of benzene rings is 2. The van der Waals surface area contributed by atoms with Crippen LogP contribution in [0.3, 0.4) is 0 Å². The average Bonchev–Trinajstić information content (AvgIpc) is 2.61. The molecule has 0 saturated carbocycles. The van der Waals surface area contributed by atoms with Crippen molar-refractivity contribution in [3.05, 3.63) is 59.3 Å². The third-order valence-corrected chi connectivity index (χ3v) is 4.11. The average molecular weight is 341 g/mol. The van der Waals surface area contributed by atoms with Gasteiger partial charge in [0.15, 0.2) is 5.69 Å². The number of nitrogens with zero attached hydrogens (tertiary/aromatic N) is 2. The topological polar surface area (TPSA) is 48.7 Å². The SMILES string of the molecule is CNc1nc(C(F)(F)F)c2cc(-c3ccc(C#N)cc3)ccc2c1C. The van der Waals surface area contributed by atoms with E-state index in [1.165, 1.54) is 6.07 Å². The van der Waals surface area contributed by atoms with E-state index in [4.69, 9.17) is 5.26 Å². The molecule has 1 aromatic heterocycles. The minimum Gasteiger partial charge on any atom is -0.373 e. The van der Waals surface area contributed by atoms with Crippen molar-refractivity contribution in [3.63, 3.8) is 0 Å². The van der Waals surface area contributed by atoms with Crippen molar-refractivity contribution in [2.45, 2.75) is 13.1 Å². The quantitative estimate of drug-likeness (QED) is 0.702. The molecule has 0 aliphatic rings. The van der Waals surface area contributed by atoms with Crippen LogP contribution in [0.25, 0.3) is 21.9 Å². The minimum absolute atomic E-state index is 0.0610. The Bertz CT molecular complexity index is 984. The molecule has 3 rings (SSSR count). The number of aromatic nitrogens is 1. The smallest absolute Gasteiger partial charge is 0.373 e. The first-order valence-corrected chi connectivity index (χ1v) is 7.55. The summed E-state index contributed by atoms with van der Waals surface area (Å²) in [6.45, 7) is 1.74. The van der Waals surface area contributed by atoms with Crippen molar-refractivity contribution in [1.82, 2.24) is 4.98 Å². The van der Waals surface area contributed by atoms with Gasteiger partial charge in [0, 0.05) is 12.4 Å². The standard InChI is InChI=1S/C19H14F3N3/c1-11-15-8-7-14(13-5-3-12(10-23)4-6-13)9-16(15)17(19(20,21)22)25-18(11)24-2/h3-9H,1-2H3,(H,24,25). The Balaban J connectivity index is 2.27. The summed E-state index contributed by atoms with van der Waals surface area (Å²) < 4.78 is 40.4. The predicted molar refractivity (Wildman–Crippen MR) is 91.2 cm³/mol. The number of nitriles is 1. The largest absolute Gasteiger partial charge is 0.434 e. The normalized spacial score (nSPS) is 11.4. The lowest BCUT2D eigenvalue weighted by atomic mass is 9.97. The molecule has 0 atom stereocenters. The van der Waals surface area contributed by atoms with E-state index in [2.05, 4.69) is 10.3 Å². The second kappa shape index (κ2) is 6.10. The van der Waals surface area contributed by atoms with E-state index in [-0.39, 0.29) is 11.2 Å². The van der Waals surface area contributed by atoms with Crippen LogP contribution in [0.1, 0.15) is 16.8 Å². The summed E-state index contributed by atoms with van der Waals surface area (Å²) in [7, 11) is 1.55. The molecule has 25 heavy (non-hydrogen) atoms. The monoisotopic (exact) mass is 341 g/mol. The van der Waals surface area contributed by atoms with E-state index in [1.807, 2.05) is 6.07 Å². The molecule has 0 unspecified atom stereocenters. The van der Waals surface area contributed by atoms with Gasteiger partial charge in [0.05, 0.1) is 11.6 Å². The van der Waals surface area contributed by atoms with E-state index in [0.29, 0.717) is 22.1 Å². The Morgan fingerprint density at radius 2 is 1.64 bits per heavy atom. The van der Waals surface area contributed by atoms with Gasteiger partial charge >= 0.3 is 6.18 Å². The lowest BCUT2D eigenvalue weighted by molar-refractivity contribution is -0.139. The molecule has 3 nitrogen and oxygen atoms in total. The maximum absolute atomic E-state index is 13.5. The lowest BCUT2D eigenvalue weighted by Crippen LogP contribution is -2.11. The highest BCUT2D eigenvalue weighted by Crippen LogP contribution is 2.38. The molecule has 1 heterocycles. The fourth-order valence-electron chi connectivity index (χ4n) is 2.83. The minimum atomic E-state index is -4.55. The van der Waals surface area contributed by atoms with Crippen LogP contribution in [0.2, 0.25) is 0 Å². The molecule has 0 aliphatic heterocycles. The van der Waals surface area contributed by atoms with Crippen LogP contribution in [-0.4, -0.2) is 12.0 Å². The van der Waals surface area contributed by atoms with Crippen molar-refractivity contribution < 1.29 is 13.2 Å². The summed E-state index contributed by atoms with van der Waals surface area (Å²) in [5, 5.41) is 12.1. The third kappa shape index (κ3) is 3.01. The van der Waals surface area contributed by atoms with E-state index in [0.717, 1.165) is 5.56 Å². The molecule has 0 radical (unpaired) electrons. The lowest BCUT2D eigenvalue weighted by Gasteiger charge is -2.16. The number of fused-ring (bicyclic) bond motifs is 1. The van der Waals surface area contributed by atoms with Gasteiger partial charge in [-0.15, -0.1) is 0 Å². The Kier molecular flexibility index (Phi) is 4.09. The highest BCUT2D eigenvalue weighted by atomic mass is 19.4. The molecule has 0 aliphatic carbocycles. The van der Waals surface area contributed by atoms with Crippen molar-refractivity contribution >= 4 is 16.6 Å². The first kappa shape index (κ1) is 16.8. The molecule has 0 spiro atoms. The summed E-state index contributed by atoms with van der Waals surface area (Å²) in [6.07, 6.45) is -4.55. The zero-order chi connectivity index (χ0) is 18.2. The number of hydrogen-bond acceptors (Lipinski definition) is 3. The first-order chi connectivity index (χ1) is 11.8. The molecule has 0 saturated heterocycles. The summed E-state index contributed by atoms with van der Waals surface area (Å²) >= 11 is 0. The molecule has 0 fully saturated rings. The number of rotatable bonds is 2. The Morgan fingerprint density at radius 3 is 2.20 bits per heavy atom. The van der Waals surface area contributed by atoms with Crippen molar-refractivity contribution in [3.8, 4) is 17.2 Å². The zero-order valence-corrected chi connectivity index (χ0v) is 13.6. The number of halogens is 3. The van der Waals surface area contributed by atoms with Gasteiger partial charge in [0.2, 0.25) is 0 Å². The molecule has 1 N–H and O–H groups in total. The fourth-order valence-corrected chi connectivity index (χ4v) is 2.83. The van der Waals surface area contributed by atoms with Crippen LogP contribution in [0, 0.1) is 18.3 Å². The Hall–Kier alpha value is -3.07. The molecule has 3 aromatic rings. The number of hydrogen-bond donors (Lipinski definition) is 1. The van der Waals surface area contributed by atoms with Gasteiger partial charge in [-0.2, -0.15) is 18.4 Å². The zero-order valence-electron chi connectivity index (χ0n) is 13.6. The van der Waals surface area contributed by atoms with Crippen molar-refractivity contribution in [1.29, 1.82) is 5.26 Å². The van der Waals surface area contributed by atoms with Gasteiger partial charge in [0.25, 0.3) is 0 Å². The van der Waals surface area contributed by atoms with Crippen LogP contribution in [0.15, 0.2) is 42.5 Å².